The number of carbonyl (C=O) groups is 1. The van der Waals surface area contributed by atoms with Crippen molar-refractivity contribution in [2.45, 2.75) is 26.0 Å². The summed E-state index contributed by atoms with van der Waals surface area (Å²) in [5.74, 6) is 0.635. The number of amides is 1. The molecular weight excluding hydrogens is 244 g/mol. The summed E-state index contributed by atoms with van der Waals surface area (Å²) in [5, 5.41) is 0. The smallest absolute Gasteiger partial charge is 0.260 e. The van der Waals surface area contributed by atoms with Gasteiger partial charge in [0.25, 0.3) is 5.91 Å². The fraction of sp³-hybridized carbons (Fsp3) is 0.500. The maximum Gasteiger partial charge on any atom is 0.260 e. The van der Waals surface area contributed by atoms with Crippen LogP contribution in [0.15, 0.2) is 24.3 Å². The molecule has 2 N–H and O–H groups in total. The minimum atomic E-state index is -0.0144. The summed E-state index contributed by atoms with van der Waals surface area (Å²) < 4.78 is 11.0. The molecule has 0 radical (unpaired) electrons. The van der Waals surface area contributed by atoms with Crippen molar-refractivity contribution in [1.82, 2.24) is 4.90 Å². The average Bonchev–Trinajstić information content (AvgIpc) is 2.40. The molecule has 104 valence electrons. The van der Waals surface area contributed by atoms with Crippen LogP contribution >= 0.6 is 0 Å². The van der Waals surface area contributed by atoms with Gasteiger partial charge in [0.1, 0.15) is 5.75 Å². The lowest BCUT2D eigenvalue weighted by Crippen LogP contribution is -2.51. The zero-order valence-electron chi connectivity index (χ0n) is 11.3. The van der Waals surface area contributed by atoms with Crippen LogP contribution in [0.1, 0.15) is 13.8 Å². The second-order valence-electron chi connectivity index (χ2n) is 4.90. The Bertz CT molecular complexity index is 433. The molecule has 2 rings (SSSR count). The van der Waals surface area contributed by atoms with Crippen molar-refractivity contribution < 1.29 is 14.3 Å². The lowest BCUT2D eigenvalue weighted by molar-refractivity contribution is -0.145. The molecule has 0 bridgehead atoms. The summed E-state index contributed by atoms with van der Waals surface area (Å²) in [6, 6.07) is 7.11. The largest absolute Gasteiger partial charge is 0.484 e. The Labute approximate surface area is 113 Å². The summed E-state index contributed by atoms with van der Waals surface area (Å²) in [7, 11) is 0. The number of anilines is 1. The highest BCUT2D eigenvalue weighted by atomic mass is 16.5. The van der Waals surface area contributed by atoms with Gasteiger partial charge in [0.2, 0.25) is 0 Å². The minimum Gasteiger partial charge on any atom is -0.484 e. The number of rotatable bonds is 3. The topological polar surface area (TPSA) is 64.8 Å². The van der Waals surface area contributed by atoms with Crippen LogP contribution in [-0.4, -0.2) is 42.7 Å². The van der Waals surface area contributed by atoms with Crippen LogP contribution in [0.3, 0.4) is 0 Å². The number of benzene rings is 1. The van der Waals surface area contributed by atoms with Crippen LogP contribution in [0, 0.1) is 0 Å². The maximum atomic E-state index is 12.1. The Morgan fingerprint density at radius 2 is 2.11 bits per heavy atom. The number of hydrogen-bond donors (Lipinski definition) is 1. The molecule has 1 aromatic carbocycles. The molecular formula is C14H20N2O3. The lowest BCUT2D eigenvalue weighted by Gasteiger charge is -2.36. The fourth-order valence-corrected chi connectivity index (χ4v) is 2.04. The molecule has 1 aliphatic heterocycles. The second-order valence-corrected chi connectivity index (χ2v) is 4.90. The van der Waals surface area contributed by atoms with E-state index >= 15 is 0 Å². The summed E-state index contributed by atoms with van der Waals surface area (Å²) in [5.41, 5.74) is 6.26. The predicted octanol–water partition coefficient (Wildman–Crippen LogP) is 1.28. The average molecular weight is 264 g/mol. The van der Waals surface area contributed by atoms with E-state index in [1.165, 1.54) is 0 Å². The monoisotopic (exact) mass is 264 g/mol. The fourth-order valence-electron chi connectivity index (χ4n) is 2.04. The summed E-state index contributed by atoms with van der Waals surface area (Å²) >= 11 is 0. The number of nitrogens with two attached hydrogens (primary N) is 1. The number of carbonyl (C=O) groups excluding carboxylic acids is 1. The van der Waals surface area contributed by atoms with Crippen LogP contribution in [0.25, 0.3) is 0 Å². The van der Waals surface area contributed by atoms with Gasteiger partial charge in [-0.05, 0) is 38.1 Å². The summed E-state index contributed by atoms with van der Waals surface area (Å²) in [6.45, 7) is 5.18. The molecule has 19 heavy (non-hydrogen) atoms. The van der Waals surface area contributed by atoms with Gasteiger partial charge < -0.3 is 20.1 Å². The van der Waals surface area contributed by atoms with E-state index in [1.807, 2.05) is 18.7 Å². The summed E-state index contributed by atoms with van der Waals surface area (Å²) in [4.78, 5) is 13.9. The summed E-state index contributed by atoms with van der Waals surface area (Å²) in [6.07, 6.45) is 0.0803. The van der Waals surface area contributed by atoms with E-state index in [0.717, 1.165) is 0 Å². The third-order valence-electron chi connectivity index (χ3n) is 3.17. The van der Waals surface area contributed by atoms with E-state index in [2.05, 4.69) is 0 Å². The van der Waals surface area contributed by atoms with Crippen molar-refractivity contribution in [3.05, 3.63) is 24.3 Å². The molecule has 0 saturated carbocycles. The Morgan fingerprint density at radius 3 is 2.79 bits per heavy atom. The van der Waals surface area contributed by atoms with Gasteiger partial charge in [-0.1, -0.05) is 0 Å². The molecule has 1 amide bonds. The minimum absolute atomic E-state index is 0.0144. The van der Waals surface area contributed by atoms with Gasteiger partial charge >= 0.3 is 0 Å². The van der Waals surface area contributed by atoms with Crippen molar-refractivity contribution in [2.24, 2.45) is 0 Å². The van der Waals surface area contributed by atoms with Gasteiger partial charge in [0.15, 0.2) is 6.61 Å². The lowest BCUT2D eigenvalue weighted by atomic mass is 10.2. The van der Waals surface area contributed by atoms with Gasteiger partial charge in [-0.25, -0.2) is 0 Å². The third-order valence-corrected chi connectivity index (χ3v) is 3.17. The third kappa shape index (κ3) is 3.61. The van der Waals surface area contributed by atoms with E-state index < -0.39 is 0 Å². The first kappa shape index (κ1) is 13.7. The van der Waals surface area contributed by atoms with E-state index in [4.69, 9.17) is 15.2 Å². The normalized spacial score (nSPS) is 23.2. The van der Waals surface area contributed by atoms with Gasteiger partial charge in [0, 0.05) is 12.2 Å². The Hall–Kier alpha value is -1.75. The number of ether oxygens (including phenoxy) is 2. The molecule has 1 fully saturated rings. The van der Waals surface area contributed by atoms with Crippen LogP contribution < -0.4 is 10.5 Å². The van der Waals surface area contributed by atoms with Gasteiger partial charge in [-0.3, -0.25) is 4.79 Å². The first-order valence-electron chi connectivity index (χ1n) is 6.45. The van der Waals surface area contributed by atoms with Crippen LogP contribution in [0.2, 0.25) is 0 Å². The highest BCUT2D eigenvalue weighted by Gasteiger charge is 2.27. The van der Waals surface area contributed by atoms with E-state index in [-0.39, 0.29) is 24.7 Å². The molecule has 5 nitrogen and oxygen atoms in total. The van der Waals surface area contributed by atoms with Gasteiger partial charge in [-0.2, -0.15) is 0 Å². The quantitative estimate of drug-likeness (QED) is 0.835. The highest BCUT2D eigenvalue weighted by molar-refractivity contribution is 5.78. The Morgan fingerprint density at radius 1 is 1.42 bits per heavy atom. The number of hydrogen-bond acceptors (Lipinski definition) is 4. The van der Waals surface area contributed by atoms with Crippen molar-refractivity contribution in [3.8, 4) is 5.75 Å². The van der Waals surface area contributed by atoms with Crippen LogP contribution in [0.5, 0.6) is 5.75 Å². The van der Waals surface area contributed by atoms with E-state index in [1.54, 1.807) is 24.3 Å². The molecule has 0 aromatic heterocycles. The SMILES string of the molecule is CC1CN(C(=O)COc2ccc(N)cc2)C(C)CO1. The maximum absolute atomic E-state index is 12.1. The zero-order valence-corrected chi connectivity index (χ0v) is 11.3. The highest BCUT2D eigenvalue weighted by Crippen LogP contribution is 2.15. The Balaban J connectivity index is 1.88. The molecule has 2 unspecified atom stereocenters. The molecule has 0 spiro atoms. The van der Waals surface area contributed by atoms with Crippen molar-refractivity contribution in [1.29, 1.82) is 0 Å². The first-order valence-corrected chi connectivity index (χ1v) is 6.45. The van der Waals surface area contributed by atoms with Gasteiger partial charge in [-0.15, -0.1) is 0 Å². The molecule has 0 aliphatic carbocycles. The molecule has 5 heteroatoms. The van der Waals surface area contributed by atoms with Crippen molar-refractivity contribution >= 4 is 11.6 Å². The van der Waals surface area contributed by atoms with E-state index in [9.17, 15) is 4.79 Å². The standard InChI is InChI=1S/C14H20N2O3/c1-10-8-18-11(2)7-16(10)14(17)9-19-13-5-3-12(15)4-6-13/h3-6,10-11H,7-9,15H2,1-2H3. The van der Waals surface area contributed by atoms with Crippen LogP contribution in [-0.2, 0) is 9.53 Å². The van der Waals surface area contributed by atoms with Crippen LogP contribution in [0.4, 0.5) is 5.69 Å². The van der Waals surface area contributed by atoms with Crippen molar-refractivity contribution in [3.63, 3.8) is 0 Å². The zero-order chi connectivity index (χ0) is 13.8. The second kappa shape index (κ2) is 5.93. The molecule has 1 saturated heterocycles. The van der Waals surface area contributed by atoms with Crippen molar-refractivity contribution in [2.75, 3.05) is 25.5 Å². The Kier molecular flexibility index (Phi) is 4.27. The molecule has 1 aliphatic rings. The molecule has 1 heterocycles. The predicted molar refractivity (Wildman–Crippen MR) is 72.9 cm³/mol. The number of morpholine rings is 1. The number of nitrogen functional groups attached to an aromatic ring is 1. The van der Waals surface area contributed by atoms with Gasteiger partial charge in [0.05, 0.1) is 18.8 Å². The first-order chi connectivity index (χ1) is 9.06. The molecule has 2 atom stereocenters. The molecule has 1 aromatic rings. The number of nitrogens with zero attached hydrogens (tertiary/aromatic N) is 1. The van der Waals surface area contributed by atoms with E-state index in [0.29, 0.717) is 24.6 Å².